The number of hydrogen-bond acceptors (Lipinski definition) is 4. The van der Waals surface area contributed by atoms with Gasteiger partial charge in [-0.15, -0.1) is 0 Å². The minimum Gasteiger partial charge on any atom is -0.398 e. The first kappa shape index (κ1) is 13.1. The maximum absolute atomic E-state index is 5.91. The highest BCUT2D eigenvalue weighted by Crippen LogP contribution is 2.31. The second-order valence-corrected chi connectivity index (χ2v) is 5.43. The molecule has 3 rings (SSSR count). The molecule has 0 bridgehead atoms. The number of nitrogens with zero attached hydrogens (tertiary/aromatic N) is 2. The topological polar surface area (TPSA) is 64.9 Å². The SMILES string of the molecule is Nc1cc(Cl)ccc1-c1nc(-c2ccccc2Br)no1. The van der Waals surface area contributed by atoms with E-state index in [2.05, 4.69) is 26.1 Å². The Morgan fingerprint density at radius 3 is 2.65 bits per heavy atom. The van der Waals surface area contributed by atoms with Gasteiger partial charge < -0.3 is 10.3 Å². The second-order valence-electron chi connectivity index (χ2n) is 4.13. The molecule has 0 saturated heterocycles. The first-order chi connectivity index (χ1) is 9.65. The number of aromatic nitrogens is 2. The van der Waals surface area contributed by atoms with Crippen LogP contribution in [0.2, 0.25) is 5.02 Å². The molecule has 0 saturated carbocycles. The van der Waals surface area contributed by atoms with Crippen molar-refractivity contribution >= 4 is 33.2 Å². The van der Waals surface area contributed by atoms with Crippen LogP contribution in [0.25, 0.3) is 22.8 Å². The van der Waals surface area contributed by atoms with E-state index in [4.69, 9.17) is 21.9 Å². The monoisotopic (exact) mass is 349 g/mol. The van der Waals surface area contributed by atoms with E-state index in [0.717, 1.165) is 10.0 Å². The molecule has 4 nitrogen and oxygen atoms in total. The molecular weight excluding hydrogens is 342 g/mol. The molecule has 0 unspecified atom stereocenters. The minimum absolute atomic E-state index is 0.366. The van der Waals surface area contributed by atoms with E-state index in [1.165, 1.54) is 0 Å². The Morgan fingerprint density at radius 1 is 1.10 bits per heavy atom. The Balaban J connectivity index is 2.04. The Labute approximate surface area is 128 Å². The number of nitrogens with two attached hydrogens (primary N) is 1. The molecule has 1 aromatic heterocycles. The minimum atomic E-state index is 0.366. The van der Waals surface area contributed by atoms with Gasteiger partial charge in [-0.3, -0.25) is 0 Å². The molecule has 20 heavy (non-hydrogen) atoms. The lowest BCUT2D eigenvalue weighted by molar-refractivity contribution is 0.432. The average Bonchev–Trinajstić information content (AvgIpc) is 2.88. The zero-order chi connectivity index (χ0) is 14.1. The summed E-state index contributed by atoms with van der Waals surface area (Å²) < 4.78 is 6.18. The standard InChI is InChI=1S/C14H9BrClN3O/c15-11-4-2-1-3-9(11)13-18-14(20-19-13)10-6-5-8(16)7-12(10)17/h1-7H,17H2. The molecule has 3 aromatic rings. The summed E-state index contributed by atoms with van der Waals surface area (Å²) in [5.41, 5.74) is 7.93. The summed E-state index contributed by atoms with van der Waals surface area (Å²) in [5, 5.41) is 4.55. The highest BCUT2D eigenvalue weighted by Gasteiger charge is 2.14. The molecule has 100 valence electrons. The quantitative estimate of drug-likeness (QED) is 0.696. The van der Waals surface area contributed by atoms with E-state index < -0.39 is 0 Å². The third-order valence-electron chi connectivity index (χ3n) is 2.78. The number of benzene rings is 2. The summed E-state index contributed by atoms with van der Waals surface area (Å²) in [7, 11) is 0. The normalized spacial score (nSPS) is 10.7. The van der Waals surface area contributed by atoms with E-state index in [1.807, 2.05) is 24.3 Å². The van der Waals surface area contributed by atoms with Crippen LogP contribution in [0.4, 0.5) is 5.69 Å². The first-order valence-electron chi connectivity index (χ1n) is 5.79. The number of nitrogen functional groups attached to an aromatic ring is 1. The fraction of sp³-hybridized carbons (Fsp3) is 0. The molecule has 0 amide bonds. The van der Waals surface area contributed by atoms with Gasteiger partial charge in [0.25, 0.3) is 5.89 Å². The number of halogens is 2. The van der Waals surface area contributed by atoms with Crippen molar-refractivity contribution in [2.75, 3.05) is 5.73 Å². The van der Waals surface area contributed by atoms with Gasteiger partial charge in [0.15, 0.2) is 0 Å². The van der Waals surface area contributed by atoms with Gasteiger partial charge in [0.05, 0.1) is 5.56 Å². The van der Waals surface area contributed by atoms with Gasteiger partial charge in [-0.05, 0) is 30.3 Å². The zero-order valence-electron chi connectivity index (χ0n) is 10.2. The molecule has 0 atom stereocenters. The van der Waals surface area contributed by atoms with Crippen molar-refractivity contribution in [3.05, 3.63) is 52.0 Å². The predicted octanol–water partition coefficient (Wildman–Crippen LogP) is 4.40. The van der Waals surface area contributed by atoms with Gasteiger partial charge >= 0.3 is 0 Å². The van der Waals surface area contributed by atoms with Gasteiger partial charge in [-0.1, -0.05) is 44.8 Å². The van der Waals surface area contributed by atoms with Crippen LogP contribution in [0.15, 0.2) is 51.5 Å². The molecule has 0 aliphatic rings. The fourth-order valence-electron chi connectivity index (χ4n) is 1.81. The fourth-order valence-corrected chi connectivity index (χ4v) is 2.46. The Bertz CT molecular complexity index is 773. The van der Waals surface area contributed by atoms with Crippen molar-refractivity contribution in [3.63, 3.8) is 0 Å². The molecular formula is C14H9BrClN3O. The molecule has 1 heterocycles. The summed E-state index contributed by atoms with van der Waals surface area (Å²) in [6.07, 6.45) is 0. The van der Waals surface area contributed by atoms with Gasteiger partial charge in [-0.25, -0.2) is 0 Å². The summed E-state index contributed by atoms with van der Waals surface area (Å²) in [4.78, 5) is 4.37. The van der Waals surface area contributed by atoms with Gasteiger partial charge in [0.2, 0.25) is 5.82 Å². The highest BCUT2D eigenvalue weighted by molar-refractivity contribution is 9.10. The van der Waals surface area contributed by atoms with E-state index in [9.17, 15) is 0 Å². The van der Waals surface area contributed by atoms with E-state index in [1.54, 1.807) is 18.2 Å². The molecule has 0 spiro atoms. The van der Waals surface area contributed by atoms with Crippen LogP contribution >= 0.6 is 27.5 Å². The third kappa shape index (κ3) is 2.42. The Kier molecular flexibility index (Phi) is 3.46. The largest absolute Gasteiger partial charge is 0.398 e. The van der Waals surface area contributed by atoms with Crippen LogP contribution in [-0.4, -0.2) is 10.1 Å². The predicted molar refractivity (Wildman–Crippen MR) is 82.3 cm³/mol. The Morgan fingerprint density at radius 2 is 1.90 bits per heavy atom. The maximum atomic E-state index is 5.91. The van der Waals surface area contributed by atoms with Crippen LogP contribution < -0.4 is 5.73 Å². The number of rotatable bonds is 2. The third-order valence-corrected chi connectivity index (χ3v) is 3.71. The number of anilines is 1. The van der Waals surface area contributed by atoms with E-state index in [0.29, 0.717) is 28.0 Å². The lowest BCUT2D eigenvalue weighted by Crippen LogP contribution is -1.90. The average molecular weight is 351 g/mol. The van der Waals surface area contributed by atoms with Gasteiger partial charge in [0, 0.05) is 20.7 Å². The molecule has 0 aliphatic carbocycles. The summed E-state index contributed by atoms with van der Waals surface area (Å²) in [6, 6.07) is 12.8. The van der Waals surface area contributed by atoms with Gasteiger partial charge in [0.1, 0.15) is 0 Å². The smallest absolute Gasteiger partial charge is 0.260 e. The van der Waals surface area contributed by atoms with Crippen molar-refractivity contribution in [1.29, 1.82) is 0 Å². The number of hydrogen-bond donors (Lipinski definition) is 1. The van der Waals surface area contributed by atoms with Crippen molar-refractivity contribution in [1.82, 2.24) is 10.1 Å². The van der Waals surface area contributed by atoms with Crippen LogP contribution in [0, 0.1) is 0 Å². The Hall–Kier alpha value is -1.85. The van der Waals surface area contributed by atoms with Crippen molar-refractivity contribution in [3.8, 4) is 22.8 Å². The zero-order valence-corrected chi connectivity index (χ0v) is 12.5. The summed E-state index contributed by atoms with van der Waals surface area (Å²) >= 11 is 9.33. The second kappa shape index (κ2) is 5.26. The van der Waals surface area contributed by atoms with E-state index in [-0.39, 0.29) is 0 Å². The van der Waals surface area contributed by atoms with Gasteiger partial charge in [-0.2, -0.15) is 4.98 Å². The molecule has 0 aliphatic heterocycles. The maximum Gasteiger partial charge on any atom is 0.260 e. The first-order valence-corrected chi connectivity index (χ1v) is 6.96. The van der Waals surface area contributed by atoms with Crippen LogP contribution in [0.3, 0.4) is 0 Å². The van der Waals surface area contributed by atoms with Crippen LogP contribution in [-0.2, 0) is 0 Å². The molecule has 6 heteroatoms. The molecule has 0 fully saturated rings. The van der Waals surface area contributed by atoms with Crippen molar-refractivity contribution < 1.29 is 4.52 Å². The highest BCUT2D eigenvalue weighted by atomic mass is 79.9. The van der Waals surface area contributed by atoms with Crippen LogP contribution in [0.1, 0.15) is 0 Å². The summed E-state index contributed by atoms with van der Waals surface area (Å²) in [6.45, 7) is 0. The van der Waals surface area contributed by atoms with E-state index >= 15 is 0 Å². The van der Waals surface area contributed by atoms with Crippen molar-refractivity contribution in [2.45, 2.75) is 0 Å². The lowest BCUT2D eigenvalue weighted by atomic mass is 10.2. The summed E-state index contributed by atoms with van der Waals surface area (Å²) in [5.74, 6) is 0.867. The molecule has 2 N–H and O–H groups in total. The molecule has 0 radical (unpaired) electrons. The lowest BCUT2D eigenvalue weighted by Gasteiger charge is -2.00. The van der Waals surface area contributed by atoms with Crippen LogP contribution in [0.5, 0.6) is 0 Å². The van der Waals surface area contributed by atoms with Crippen molar-refractivity contribution in [2.24, 2.45) is 0 Å². The molecule has 2 aromatic carbocycles.